The van der Waals surface area contributed by atoms with Gasteiger partial charge >= 0.3 is 0 Å². The van der Waals surface area contributed by atoms with Gasteiger partial charge in [-0.3, -0.25) is 4.79 Å². The van der Waals surface area contributed by atoms with Crippen molar-refractivity contribution in [3.05, 3.63) is 59.7 Å². The first kappa shape index (κ1) is 19.7. The smallest absolute Gasteiger partial charge is 0.151 e. The van der Waals surface area contributed by atoms with E-state index in [2.05, 4.69) is 84.0 Å². The predicted molar refractivity (Wildman–Crippen MR) is 108 cm³/mol. The third-order valence-corrected chi connectivity index (χ3v) is 6.09. The monoisotopic (exact) mass is 338 g/mol. The highest BCUT2D eigenvalue weighted by Gasteiger charge is 2.45. The maximum absolute atomic E-state index is 14.0. The van der Waals surface area contributed by atoms with Gasteiger partial charge in [0.2, 0.25) is 0 Å². The molecule has 2 rings (SSSR count). The van der Waals surface area contributed by atoms with Crippen molar-refractivity contribution in [1.29, 1.82) is 0 Å². The molecule has 0 saturated carbocycles. The molecule has 3 atom stereocenters. The van der Waals surface area contributed by atoms with Crippen molar-refractivity contribution in [2.45, 2.75) is 60.3 Å². The maximum atomic E-state index is 14.0. The summed E-state index contributed by atoms with van der Waals surface area (Å²) < 4.78 is 0. The standard InChI is InChI=1S/C24H34O/c1-7-19(6)22(20-12-9-8-10-13-20)23(25)24(18(4)5)15-11-14-21(16-24)17(2)3/h8-15,17-19,22H,7,16H2,1-6H3. The molecule has 1 heteroatoms. The molecule has 0 radical (unpaired) electrons. The lowest BCUT2D eigenvalue weighted by molar-refractivity contribution is -0.131. The normalized spacial score (nSPS) is 22.8. The maximum Gasteiger partial charge on any atom is 0.151 e. The molecule has 1 aliphatic carbocycles. The molecule has 1 aromatic carbocycles. The minimum absolute atomic E-state index is 0.0373. The Morgan fingerprint density at radius 1 is 1.08 bits per heavy atom. The van der Waals surface area contributed by atoms with E-state index >= 15 is 0 Å². The van der Waals surface area contributed by atoms with Gasteiger partial charge in [0, 0.05) is 5.92 Å². The zero-order chi connectivity index (χ0) is 18.6. The summed E-state index contributed by atoms with van der Waals surface area (Å²) in [5.41, 5.74) is 2.16. The summed E-state index contributed by atoms with van der Waals surface area (Å²) in [7, 11) is 0. The highest BCUT2D eigenvalue weighted by molar-refractivity contribution is 5.93. The van der Waals surface area contributed by atoms with Crippen LogP contribution in [0, 0.1) is 23.2 Å². The lowest BCUT2D eigenvalue weighted by Gasteiger charge is -2.41. The Bertz CT molecular complexity index is 635. The summed E-state index contributed by atoms with van der Waals surface area (Å²) >= 11 is 0. The molecular weight excluding hydrogens is 304 g/mol. The van der Waals surface area contributed by atoms with Crippen LogP contribution in [0.15, 0.2) is 54.1 Å². The van der Waals surface area contributed by atoms with Crippen LogP contribution in [0.1, 0.15) is 65.9 Å². The minimum atomic E-state index is -0.391. The van der Waals surface area contributed by atoms with Crippen molar-refractivity contribution < 1.29 is 4.79 Å². The number of hydrogen-bond donors (Lipinski definition) is 0. The van der Waals surface area contributed by atoms with Crippen molar-refractivity contribution in [3.63, 3.8) is 0 Å². The lowest BCUT2D eigenvalue weighted by atomic mass is 9.61. The first-order chi connectivity index (χ1) is 11.8. The molecule has 1 aliphatic rings. The summed E-state index contributed by atoms with van der Waals surface area (Å²) in [5, 5.41) is 0. The Kier molecular flexibility index (Phi) is 6.43. The van der Waals surface area contributed by atoms with Gasteiger partial charge in [-0.15, -0.1) is 0 Å². The lowest BCUT2D eigenvalue weighted by Crippen LogP contribution is -2.41. The fourth-order valence-corrected chi connectivity index (χ4v) is 3.97. The van der Waals surface area contributed by atoms with E-state index in [0.717, 1.165) is 18.4 Å². The number of Topliss-reactive ketones (excluding diaryl/α,β-unsaturated/α-hetero) is 1. The number of carbonyl (C=O) groups excluding carboxylic acids is 1. The molecule has 0 aromatic heterocycles. The van der Waals surface area contributed by atoms with Crippen LogP contribution in [0.4, 0.5) is 0 Å². The second-order valence-electron chi connectivity index (χ2n) is 8.27. The molecule has 0 saturated heterocycles. The molecule has 0 bridgehead atoms. The number of benzene rings is 1. The molecule has 1 aromatic rings. The average molecular weight is 339 g/mol. The minimum Gasteiger partial charge on any atom is -0.298 e. The third-order valence-electron chi connectivity index (χ3n) is 6.09. The van der Waals surface area contributed by atoms with Gasteiger partial charge in [0.1, 0.15) is 0 Å². The van der Waals surface area contributed by atoms with Crippen molar-refractivity contribution in [1.82, 2.24) is 0 Å². The fourth-order valence-electron chi connectivity index (χ4n) is 3.97. The molecule has 136 valence electrons. The van der Waals surface area contributed by atoms with E-state index in [1.54, 1.807) is 0 Å². The highest BCUT2D eigenvalue weighted by Crippen LogP contribution is 2.46. The van der Waals surface area contributed by atoms with Crippen molar-refractivity contribution in [3.8, 4) is 0 Å². The summed E-state index contributed by atoms with van der Waals surface area (Å²) in [6.45, 7) is 13.3. The van der Waals surface area contributed by atoms with Crippen molar-refractivity contribution >= 4 is 5.78 Å². The third kappa shape index (κ3) is 3.97. The summed E-state index contributed by atoms with van der Waals surface area (Å²) in [6, 6.07) is 10.4. The first-order valence-electron chi connectivity index (χ1n) is 9.81. The zero-order valence-electron chi connectivity index (χ0n) is 16.8. The molecule has 0 heterocycles. The van der Waals surface area contributed by atoms with Crippen LogP contribution in [-0.2, 0) is 4.79 Å². The number of hydrogen-bond acceptors (Lipinski definition) is 1. The summed E-state index contributed by atoms with van der Waals surface area (Å²) in [6.07, 6.45) is 8.38. The number of allylic oxidation sites excluding steroid dienone is 4. The van der Waals surface area contributed by atoms with Crippen molar-refractivity contribution in [2.75, 3.05) is 0 Å². The summed E-state index contributed by atoms with van der Waals surface area (Å²) in [5.74, 6) is 1.46. The van der Waals surface area contributed by atoms with Gasteiger partial charge in [0.05, 0.1) is 5.41 Å². The van der Waals surface area contributed by atoms with E-state index in [-0.39, 0.29) is 11.8 Å². The Labute approximate surface area is 154 Å². The van der Waals surface area contributed by atoms with E-state index in [0.29, 0.717) is 17.6 Å². The van der Waals surface area contributed by atoms with Crippen LogP contribution in [0.3, 0.4) is 0 Å². The molecule has 25 heavy (non-hydrogen) atoms. The quantitative estimate of drug-likeness (QED) is 0.549. The molecular formula is C24H34O. The van der Waals surface area contributed by atoms with Crippen LogP contribution >= 0.6 is 0 Å². The Morgan fingerprint density at radius 2 is 1.72 bits per heavy atom. The van der Waals surface area contributed by atoms with E-state index in [4.69, 9.17) is 0 Å². The molecule has 0 amide bonds. The number of ketones is 1. The van der Waals surface area contributed by atoms with Gasteiger partial charge in [-0.2, -0.15) is 0 Å². The Morgan fingerprint density at radius 3 is 2.24 bits per heavy atom. The van der Waals surface area contributed by atoms with Crippen LogP contribution in [0.5, 0.6) is 0 Å². The van der Waals surface area contributed by atoms with Crippen LogP contribution in [-0.4, -0.2) is 5.78 Å². The summed E-state index contributed by atoms with van der Waals surface area (Å²) in [4.78, 5) is 14.0. The molecule has 0 N–H and O–H groups in total. The first-order valence-corrected chi connectivity index (χ1v) is 9.81. The van der Waals surface area contributed by atoms with E-state index in [1.165, 1.54) is 5.57 Å². The average Bonchev–Trinajstić information content (AvgIpc) is 2.62. The van der Waals surface area contributed by atoms with E-state index < -0.39 is 5.41 Å². The van der Waals surface area contributed by atoms with Crippen LogP contribution in [0.2, 0.25) is 0 Å². The molecule has 1 nitrogen and oxygen atoms in total. The van der Waals surface area contributed by atoms with Crippen LogP contribution in [0.25, 0.3) is 0 Å². The molecule has 3 unspecified atom stereocenters. The van der Waals surface area contributed by atoms with Gasteiger partial charge < -0.3 is 0 Å². The number of rotatable bonds is 7. The van der Waals surface area contributed by atoms with Gasteiger partial charge in [0.15, 0.2) is 5.78 Å². The van der Waals surface area contributed by atoms with Crippen LogP contribution < -0.4 is 0 Å². The van der Waals surface area contributed by atoms with Gasteiger partial charge in [-0.1, -0.05) is 102 Å². The zero-order valence-corrected chi connectivity index (χ0v) is 16.8. The van der Waals surface area contributed by atoms with E-state index in [9.17, 15) is 4.79 Å². The Balaban J connectivity index is 2.48. The highest BCUT2D eigenvalue weighted by atomic mass is 16.1. The molecule has 0 spiro atoms. The van der Waals surface area contributed by atoms with Gasteiger partial charge in [-0.25, -0.2) is 0 Å². The second kappa shape index (κ2) is 8.17. The molecule has 0 aliphatic heterocycles. The predicted octanol–water partition coefficient (Wildman–Crippen LogP) is 6.57. The van der Waals surface area contributed by atoms with Crippen molar-refractivity contribution in [2.24, 2.45) is 23.2 Å². The largest absolute Gasteiger partial charge is 0.298 e. The number of carbonyl (C=O) groups is 1. The van der Waals surface area contributed by atoms with Gasteiger partial charge in [-0.05, 0) is 29.7 Å². The molecule has 0 fully saturated rings. The second-order valence-corrected chi connectivity index (χ2v) is 8.27. The fraction of sp³-hybridized carbons (Fsp3) is 0.542. The van der Waals surface area contributed by atoms with Gasteiger partial charge in [0.25, 0.3) is 0 Å². The topological polar surface area (TPSA) is 17.1 Å². The SMILES string of the molecule is CCC(C)C(C(=O)C1(C(C)C)C=CC=C(C(C)C)C1)c1ccccc1. The Hall–Kier alpha value is -1.63. The van der Waals surface area contributed by atoms with E-state index in [1.807, 2.05) is 6.07 Å².